The number of fused-ring (bicyclic) bond motifs is 6. The molecule has 8 atom stereocenters. The van der Waals surface area contributed by atoms with Gasteiger partial charge in [0.05, 0.1) is 24.3 Å². The molecular weight excluding hydrogens is 428 g/mol. The summed E-state index contributed by atoms with van der Waals surface area (Å²) in [7, 11) is 0. The van der Waals surface area contributed by atoms with Gasteiger partial charge in [-0.15, -0.1) is 23.5 Å². The fraction of sp³-hybridized carbons (Fsp3) is 0.700. The van der Waals surface area contributed by atoms with Crippen molar-refractivity contribution in [2.75, 3.05) is 12.5 Å². The molecule has 5 rings (SSSR count). The first kappa shape index (κ1) is 20.5. The van der Waals surface area contributed by atoms with Crippen molar-refractivity contribution < 1.29 is 29.4 Å². The largest absolute Gasteiger partial charge is 0.391 e. The quantitative estimate of drug-likeness (QED) is 0.591. The van der Waals surface area contributed by atoms with Crippen molar-refractivity contribution in [3.63, 3.8) is 0 Å². The molecule has 2 amide bonds. The van der Waals surface area contributed by atoms with Gasteiger partial charge in [0.15, 0.2) is 15.5 Å². The summed E-state index contributed by atoms with van der Waals surface area (Å²) in [5, 5.41) is 21.4. The molecular formula is C20H24N2O6S2. The molecule has 0 spiro atoms. The number of amides is 2. The van der Waals surface area contributed by atoms with E-state index in [0.29, 0.717) is 0 Å². The molecule has 8 nitrogen and oxygen atoms in total. The van der Waals surface area contributed by atoms with Crippen LogP contribution in [0.1, 0.15) is 25.7 Å². The zero-order valence-corrected chi connectivity index (χ0v) is 18.3. The molecule has 3 aliphatic heterocycles. The maximum atomic E-state index is 14.1. The van der Waals surface area contributed by atoms with Gasteiger partial charge in [-0.1, -0.05) is 6.08 Å². The Morgan fingerprint density at radius 3 is 2.10 bits per heavy atom. The molecule has 0 aromatic heterocycles. The van der Waals surface area contributed by atoms with Crippen molar-refractivity contribution >= 4 is 46.9 Å². The summed E-state index contributed by atoms with van der Waals surface area (Å²) in [5.74, 6) is -2.16. The van der Waals surface area contributed by atoms with Gasteiger partial charge in [-0.2, -0.15) is 0 Å². The van der Waals surface area contributed by atoms with E-state index in [-0.39, 0.29) is 49.1 Å². The van der Waals surface area contributed by atoms with E-state index < -0.39 is 45.9 Å². The summed E-state index contributed by atoms with van der Waals surface area (Å²) in [4.78, 5) is 53.7. The average molecular weight is 453 g/mol. The second-order valence-corrected chi connectivity index (χ2v) is 10.9. The Bertz CT molecular complexity index is 895. The van der Waals surface area contributed by atoms with Gasteiger partial charge in [0.25, 0.3) is 11.8 Å². The Labute approximate surface area is 182 Å². The third-order valence-electron chi connectivity index (χ3n) is 7.64. The predicted molar refractivity (Wildman–Crippen MR) is 110 cm³/mol. The predicted octanol–water partition coefficient (Wildman–Crippen LogP) is -0.224. The number of rotatable bonds is 2. The highest BCUT2D eigenvalue weighted by Crippen LogP contribution is 2.60. The monoisotopic (exact) mass is 452 g/mol. The number of hydrogen-bond acceptors (Lipinski definition) is 8. The Hall–Kier alpha value is -1.36. The highest BCUT2D eigenvalue weighted by atomic mass is 32.2. The van der Waals surface area contributed by atoms with Gasteiger partial charge in [0.1, 0.15) is 5.78 Å². The number of aliphatic hydroxyl groups is 2. The molecule has 30 heavy (non-hydrogen) atoms. The highest BCUT2D eigenvalue weighted by Gasteiger charge is 2.75. The second kappa shape index (κ2) is 6.57. The molecule has 0 bridgehead atoms. The topological polar surface area (TPSA) is 115 Å². The van der Waals surface area contributed by atoms with Crippen LogP contribution < -0.4 is 0 Å². The van der Waals surface area contributed by atoms with Gasteiger partial charge in [-0.25, -0.2) is 0 Å². The molecule has 0 aromatic carbocycles. The summed E-state index contributed by atoms with van der Waals surface area (Å²) in [6.45, 7) is 0. The minimum atomic E-state index is -1.33. The van der Waals surface area contributed by atoms with Crippen LogP contribution in [0.5, 0.6) is 0 Å². The van der Waals surface area contributed by atoms with Crippen molar-refractivity contribution in [1.29, 1.82) is 0 Å². The summed E-state index contributed by atoms with van der Waals surface area (Å²) in [6.07, 6.45) is 5.03. The molecule has 5 aliphatic rings. The summed E-state index contributed by atoms with van der Waals surface area (Å²) >= 11 is 2.39. The van der Waals surface area contributed by atoms with Crippen LogP contribution in [-0.2, 0) is 19.2 Å². The lowest BCUT2D eigenvalue weighted by molar-refractivity contribution is -0.170. The highest BCUT2D eigenvalue weighted by molar-refractivity contribution is 8.01. The van der Waals surface area contributed by atoms with Gasteiger partial charge >= 0.3 is 0 Å². The third-order valence-corrected chi connectivity index (χ3v) is 10.1. The molecule has 0 aromatic rings. The SMILES string of the molecule is CS[C@]12C[C@H]3C(=O)C=C[C@@H](O)[C@@H]3N1C(=O)[C@@]1(SC)C[C@H]3C(=O)CC[C@@H](O)[C@@H]3N1C2=O. The fourth-order valence-electron chi connectivity index (χ4n) is 6.25. The second-order valence-electron chi connectivity index (χ2n) is 8.75. The molecule has 162 valence electrons. The number of thioether (sulfide) groups is 2. The van der Waals surface area contributed by atoms with Crippen LogP contribution in [0, 0.1) is 11.8 Å². The molecule has 2 N–H and O–H groups in total. The third kappa shape index (κ3) is 2.23. The lowest BCUT2D eigenvalue weighted by atomic mass is 9.81. The van der Waals surface area contributed by atoms with Crippen molar-refractivity contribution in [3.05, 3.63) is 12.2 Å². The van der Waals surface area contributed by atoms with Gasteiger partial charge in [0.2, 0.25) is 0 Å². The maximum absolute atomic E-state index is 14.1. The zero-order valence-electron chi connectivity index (χ0n) is 16.7. The van der Waals surface area contributed by atoms with Gasteiger partial charge in [-0.05, 0) is 25.0 Å². The number of nitrogens with zero attached hydrogens (tertiary/aromatic N) is 2. The van der Waals surface area contributed by atoms with Crippen LogP contribution in [0.3, 0.4) is 0 Å². The van der Waals surface area contributed by atoms with E-state index in [1.165, 1.54) is 45.5 Å². The Morgan fingerprint density at radius 2 is 1.50 bits per heavy atom. The Kier molecular flexibility index (Phi) is 4.50. The van der Waals surface area contributed by atoms with Crippen LogP contribution >= 0.6 is 23.5 Å². The van der Waals surface area contributed by atoms with E-state index in [1.807, 2.05) is 0 Å². The van der Waals surface area contributed by atoms with Gasteiger partial charge < -0.3 is 20.0 Å². The summed E-state index contributed by atoms with van der Waals surface area (Å²) in [5.41, 5.74) is 0. The van der Waals surface area contributed by atoms with Crippen LogP contribution in [0.15, 0.2) is 12.2 Å². The smallest absolute Gasteiger partial charge is 0.261 e. The van der Waals surface area contributed by atoms with Gasteiger partial charge in [0, 0.05) is 31.1 Å². The van der Waals surface area contributed by atoms with Crippen LogP contribution in [0.2, 0.25) is 0 Å². The molecule has 2 aliphatic carbocycles. The maximum Gasteiger partial charge on any atom is 0.261 e. The first-order valence-electron chi connectivity index (χ1n) is 10.1. The number of carbonyl (C=O) groups excluding carboxylic acids is 4. The number of allylic oxidation sites excluding steroid dienone is 1. The average Bonchev–Trinajstić information content (AvgIpc) is 3.29. The van der Waals surface area contributed by atoms with E-state index in [4.69, 9.17) is 0 Å². The van der Waals surface area contributed by atoms with Crippen molar-refractivity contribution in [2.45, 2.75) is 59.7 Å². The van der Waals surface area contributed by atoms with E-state index in [0.717, 1.165) is 0 Å². The molecule has 1 saturated carbocycles. The lowest BCUT2D eigenvalue weighted by Crippen LogP contribution is -2.75. The number of hydrogen-bond donors (Lipinski definition) is 2. The molecule has 0 radical (unpaired) electrons. The summed E-state index contributed by atoms with van der Waals surface area (Å²) in [6, 6.07) is -1.54. The minimum Gasteiger partial charge on any atom is -0.391 e. The van der Waals surface area contributed by atoms with Crippen LogP contribution in [0.4, 0.5) is 0 Å². The van der Waals surface area contributed by atoms with Crippen molar-refractivity contribution in [2.24, 2.45) is 11.8 Å². The Morgan fingerprint density at radius 1 is 0.933 bits per heavy atom. The standard InChI is InChI=1S/C20H24N2O6S2/c1-29-19-7-9-11(23)3-5-13(25)15(9)21(19)18(28)20(30-2)8-10-12(24)4-6-14(26)16(10)22(20)17(19)27/h3,5,9-10,13-16,25-26H,4,6-8H2,1-2H3/t9-,10-,13+,14+,15+,16+,19-,20-/m0/s1. The van der Waals surface area contributed by atoms with Crippen molar-refractivity contribution in [1.82, 2.24) is 9.80 Å². The van der Waals surface area contributed by atoms with Crippen LogP contribution in [0.25, 0.3) is 0 Å². The molecule has 3 saturated heterocycles. The normalized spacial score (nSPS) is 47.3. The first-order valence-corrected chi connectivity index (χ1v) is 12.6. The minimum absolute atomic E-state index is 0.0271. The van der Waals surface area contributed by atoms with Crippen LogP contribution in [-0.4, -0.2) is 89.9 Å². The number of ketones is 2. The molecule has 0 unspecified atom stereocenters. The van der Waals surface area contributed by atoms with E-state index in [9.17, 15) is 29.4 Å². The molecule has 3 heterocycles. The molecule has 10 heteroatoms. The van der Waals surface area contributed by atoms with Gasteiger partial charge in [-0.3, -0.25) is 19.2 Å². The zero-order chi connectivity index (χ0) is 21.6. The van der Waals surface area contributed by atoms with E-state index in [2.05, 4.69) is 0 Å². The number of piperazine rings is 1. The molecule has 4 fully saturated rings. The number of Topliss-reactive ketones (excluding diaryl/α,β-unsaturated/α-hetero) is 1. The number of aliphatic hydroxyl groups excluding tert-OH is 2. The first-order chi connectivity index (χ1) is 14.2. The Balaban J connectivity index is 1.69. The van der Waals surface area contributed by atoms with E-state index in [1.54, 1.807) is 12.5 Å². The number of carbonyl (C=O) groups is 4. The van der Waals surface area contributed by atoms with Crippen molar-refractivity contribution in [3.8, 4) is 0 Å². The van der Waals surface area contributed by atoms with E-state index >= 15 is 0 Å². The summed E-state index contributed by atoms with van der Waals surface area (Å²) < 4.78 is 0. The lowest BCUT2D eigenvalue weighted by Gasteiger charge is -2.54. The fourth-order valence-corrected chi connectivity index (χ4v) is 8.29.